The number of hydrogen-bond acceptors (Lipinski definition) is 5. The monoisotopic (exact) mass is 296 g/mol. The van der Waals surface area contributed by atoms with Gasteiger partial charge in [-0.3, -0.25) is 4.79 Å². The Bertz CT molecular complexity index is 478. The van der Waals surface area contributed by atoms with E-state index in [1.807, 2.05) is 6.92 Å². The van der Waals surface area contributed by atoms with E-state index in [4.69, 9.17) is 5.73 Å². The standard InChI is InChI=1S/C14H24N4OS/c1-10-11(20-13(15)17-10)12(19)16-9-14(18(2)3)7-5-4-6-8-14/h4-9H2,1-3H3,(H2,15,17)(H,16,19). The molecule has 1 amide bonds. The Hall–Kier alpha value is -1.14. The second-order valence-electron chi connectivity index (χ2n) is 5.83. The zero-order valence-electron chi connectivity index (χ0n) is 12.5. The molecule has 2 rings (SSSR count). The highest BCUT2D eigenvalue weighted by molar-refractivity contribution is 7.17. The topological polar surface area (TPSA) is 71.2 Å². The zero-order chi connectivity index (χ0) is 14.8. The molecule has 6 heteroatoms. The van der Waals surface area contributed by atoms with E-state index < -0.39 is 0 Å². The van der Waals surface area contributed by atoms with Gasteiger partial charge >= 0.3 is 0 Å². The van der Waals surface area contributed by atoms with Crippen LogP contribution in [0.15, 0.2) is 0 Å². The van der Waals surface area contributed by atoms with E-state index in [0.29, 0.717) is 22.2 Å². The Kier molecular flexibility index (Phi) is 4.65. The van der Waals surface area contributed by atoms with Gasteiger partial charge in [-0.15, -0.1) is 0 Å². The molecule has 0 saturated heterocycles. The number of nitrogens with zero attached hydrogens (tertiary/aromatic N) is 2. The largest absolute Gasteiger partial charge is 0.375 e. The Balaban J connectivity index is 2.02. The normalized spacial score (nSPS) is 18.2. The van der Waals surface area contributed by atoms with Gasteiger partial charge in [0.1, 0.15) is 4.88 Å². The molecule has 1 saturated carbocycles. The van der Waals surface area contributed by atoms with E-state index in [2.05, 4.69) is 29.3 Å². The molecule has 1 heterocycles. The molecule has 0 bridgehead atoms. The molecular formula is C14H24N4OS. The molecule has 0 unspecified atom stereocenters. The van der Waals surface area contributed by atoms with Gasteiger partial charge in [-0.1, -0.05) is 30.6 Å². The van der Waals surface area contributed by atoms with Gasteiger partial charge in [0, 0.05) is 12.1 Å². The van der Waals surface area contributed by atoms with Crippen LogP contribution in [0.1, 0.15) is 47.5 Å². The van der Waals surface area contributed by atoms with Gasteiger partial charge in [-0.05, 0) is 33.9 Å². The second-order valence-corrected chi connectivity index (χ2v) is 6.86. The third-order valence-electron chi connectivity index (χ3n) is 4.33. The predicted octanol–water partition coefficient (Wildman–Crippen LogP) is 2.03. The van der Waals surface area contributed by atoms with Crippen LogP contribution in [0.5, 0.6) is 0 Å². The molecule has 1 aliphatic rings. The molecule has 112 valence electrons. The number of likely N-dealkylation sites (N-methyl/N-ethyl adjacent to an activating group) is 1. The smallest absolute Gasteiger partial charge is 0.263 e. The third kappa shape index (κ3) is 3.12. The first-order chi connectivity index (χ1) is 9.44. The van der Waals surface area contributed by atoms with Gasteiger partial charge in [0.05, 0.1) is 5.69 Å². The van der Waals surface area contributed by atoms with Crippen LogP contribution < -0.4 is 11.1 Å². The molecule has 20 heavy (non-hydrogen) atoms. The number of thiazole rings is 1. The second kappa shape index (κ2) is 6.10. The number of carbonyl (C=O) groups excluding carboxylic acids is 1. The number of hydrogen-bond donors (Lipinski definition) is 2. The zero-order valence-corrected chi connectivity index (χ0v) is 13.3. The van der Waals surface area contributed by atoms with Crippen molar-refractivity contribution in [2.75, 3.05) is 26.4 Å². The molecule has 0 spiro atoms. The average molecular weight is 296 g/mol. The van der Waals surface area contributed by atoms with Crippen LogP contribution in [-0.4, -0.2) is 42.0 Å². The van der Waals surface area contributed by atoms with Gasteiger partial charge in [0.15, 0.2) is 5.13 Å². The first-order valence-electron chi connectivity index (χ1n) is 7.13. The molecule has 3 N–H and O–H groups in total. The molecule has 0 atom stereocenters. The van der Waals surface area contributed by atoms with Crippen molar-refractivity contribution in [1.29, 1.82) is 0 Å². The minimum Gasteiger partial charge on any atom is -0.375 e. The van der Waals surface area contributed by atoms with Crippen molar-refractivity contribution < 1.29 is 4.79 Å². The van der Waals surface area contributed by atoms with Crippen molar-refractivity contribution in [3.63, 3.8) is 0 Å². The fourth-order valence-corrected chi connectivity index (χ4v) is 3.69. The summed E-state index contributed by atoms with van der Waals surface area (Å²) in [5.74, 6) is -0.0523. The van der Waals surface area contributed by atoms with Crippen molar-refractivity contribution >= 4 is 22.4 Å². The minimum absolute atomic E-state index is 0.0523. The highest BCUT2D eigenvalue weighted by atomic mass is 32.1. The van der Waals surface area contributed by atoms with Crippen LogP contribution in [-0.2, 0) is 0 Å². The fraction of sp³-hybridized carbons (Fsp3) is 0.714. The molecule has 1 aromatic rings. The number of amides is 1. The van der Waals surface area contributed by atoms with E-state index in [1.54, 1.807) is 0 Å². The maximum atomic E-state index is 12.3. The van der Waals surface area contributed by atoms with E-state index in [9.17, 15) is 4.79 Å². The lowest BCUT2D eigenvalue weighted by Gasteiger charge is -2.43. The number of nitrogen functional groups attached to an aromatic ring is 1. The minimum atomic E-state index is -0.0523. The van der Waals surface area contributed by atoms with Crippen LogP contribution in [0.4, 0.5) is 5.13 Å². The summed E-state index contributed by atoms with van der Waals surface area (Å²) in [6, 6.07) is 0. The summed E-state index contributed by atoms with van der Waals surface area (Å²) in [6.07, 6.45) is 6.06. The average Bonchev–Trinajstić information content (AvgIpc) is 2.76. The van der Waals surface area contributed by atoms with Crippen molar-refractivity contribution in [3.05, 3.63) is 10.6 Å². The number of aryl methyl sites for hydroxylation is 1. The van der Waals surface area contributed by atoms with E-state index in [-0.39, 0.29) is 11.4 Å². The van der Waals surface area contributed by atoms with Crippen molar-refractivity contribution in [2.24, 2.45) is 0 Å². The van der Waals surface area contributed by atoms with Gasteiger partial charge < -0.3 is 16.0 Å². The Labute approximate surface area is 124 Å². The first kappa shape index (κ1) is 15.3. The summed E-state index contributed by atoms with van der Waals surface area (Å²) in [7, 11) is 4.21. The quantitative estimate of drug-likeness (QED) is 0.892. The molecule has 1 aliphatic carbocycles. The van der Waals surface area contributed by atoms with Crippen LogP contribution in [0.2, 0.25) is 0 Å². The molecule has 1 aromatic heterocycles. The van der Waals surface area contributed by atoms with Gasteiger partial charge in [-0.25, -0.2) is 4.98 Å². The summed E-state index contributed by atoms with van der Waals surface area (Å²) in [5, 5.41) is 3.53. The van der Waals surface area contributed by atoms with Gasteiger partial charge in [0.25, 0.3) is 5.91 Å². The molecule has 0 aliphatic heterocycles. The van der Waals surface area contributed by atoms with Crippen molar-refractivity contribution in [3.8, 4) is 0 Å². The van der Waals surface area contributed by atoms with Gasteiger partial charge in [0.2, 0.25) is 0 Å². The Morgan fingerprint density at radius 1 is 1.40 bits per heavy atom. The lowest BCUT2D eigenvalue weighted by atomic mass is 9.80. The van der Waals surface area contributed by atoms with Crippen molar-refractivity contribution in [1.82, 2.24) is 15.2 Å². The van der Waals surface area contributed by atoms with Crippen LogP contribution >= 0.6 is 11.3 Å². The summed E-state index contributed by atoms with van der Waals surface area (Å²) in [4.78, 5) is 19.3. The SMILES string of the molecule is Cc1nc(N)sc1C(=O)NCC1(N(C)C)CCCCC1. The summed E-state index contributed by atoms with van der Waals surface area (Å²) in [6.45, 7) is 2.51. The number of rotatable bonds is 4. The van der Waals surface area contributed by atoms with Crippen LogP contribution in [0.3, 0.4) is 0 Å². The highest BCUT2D eigenvalue weighted by Crippen LogP contribution is 2.31. The molecular weight excluding hydrogens is 272 g/mol. The maximum absolute atomic E-state index is 12.3. The third-order valence-corrected chi connectivity index (χ3v) is 5.32. The fourth-order valence-electron chi connectivity index (χ4n) is 2.95. The predicted molar refractivity (Wildman–Crippen MR) is 83.1 cm³/mol. The van der Waals surface area contributed by atoms with Crippen LogP contribution in [0, 0.1) is 6.92 Å². The Morgan fingerprint density at radius 3 is 2.55 bits per heavy atom. The number of aromatic nitrogens is 1. The van der Waals surface area contributed by atoms with E-state index in [0.717, 1.165) is 12.8 Å². The Morgan fingerprint density at radius 2 is 2.05 bits per heavy atom. The van der Waals surface area contributed by atoms with Crippen molar-refractivity contribution in [2.45, 2.75) is 44.6 Å². The molecule has 0 aromatic carbocycles. The van der Waals surface area contributed by atoms with E-state index >= 15 is 0 Å². The maximum Gasteiger partial charge on any atom is 0.263 e. The van der Waals surface area contributed by atoms with Gasteiger partial charge in [-0.2, -0.15) is 0 Å². The van der Waals surface area contributed by atoms with Crippen LogP contribution in [0.25, 0.3) is 0 Å². The molecule has 5 nitrogen and oxygen atoms in total. The number of carbonyl (C=O) groups is 1. The highest BCUT2D eigenvalue weighted by Gasteiger charge is 2.34. The summed E-state index contributed by atoms with van der Waals surface area (Å²) in [5.41, 5.74) is 6.46. The first-order valence-corrected chi connectivity index (χ1v) is 7.95. The lowest BCUT2D eigenvalue weighted by molar-refractivity contribution is 0.0802. The lowest BCUT2D eigenvalue weighted by Crippen LogP contribution is -2.53. The summed E-state index contributed by atoms with van der Waals surface area (Å²) < 4.78 is 0. The molecule has 1 fully saturated rings. The van der Waals surface area contributed by atoms with E-state index in [1.165, 1.54) is 30.6 Å². The number of nitrogens with two attached hydrogens (primary N) is 1. The number of anilines is 1. The molecule has 0 radical (unpaired) electrons. The summed E-state index contributed by atoms with van der Waals surface area (Å²) >= 11 is 1.26. The number of nitrogens with one attached hydrogen (secondary N) is 1.